The van der Waals surface area contributed by atoms with Crippen molar-refractivity contribution in [3.63, 3.8) is 0 Å². The fourth-order valence-electron chi connectivity index (χ4n) is 2.10. The summed E-state index contributed by atoms with van der Waals surface area (Å²) in [6, 6.07) is 17.9. The smallest absolute Gasteiger partial charge is 0.201 e. The number of rotatable bonds is 5. The average Bonchev–Trinajstić information content (AvgIpc) is 2.51. The molecule has 2 aromatic carbocycles. The Morgan fingerprint density at radius 1 is 1.05 bits per heavy atom. The first kappa shape index (κ1) is 13.5. The SMILES string of the molecule is COC(CO)(C(=O)c1ccccc1)c1ccccc1. The largest absolute Gasteiger partial charge is 0.392 e. The maximum atomic E-state index is 12.6. The van der Waals surface area contributed by atoms with Crippen molar-refractivity contribution in [2.75, 3.05) is 13.7 Å². The van der Waals surface area contributed by atoms with E-state index in [4.69, 9.17) is 4.74 Å². The van der Waals surface area contributed by atoms with Gasteiger partial charge in [-0.3, -0.25) is 4.79 Å². The first-order valence-corrected chi connectivity index (χ1v) is 6.06. The number of Topliss-reactive ketones (excluding diaryl/α,β-unsaturated/α-hetero) is 1. The molecule has 1 unspecified atom stereocenters. The highest BCUT2D eigenvalue weighted by molar-refractivity contribution is 6.03. The maximum Gasteiger partial charge on any atom is 0.201 e. The number of hydrogen-bond donors (Lipinski definition) is 1. The first-order chi connectivity index (χ1) is 9.24. The van der Waals surface area contributed by atoms with E-state index >= 15 is 0 Å². The van der Waals surface area contributed by atoms with Crippen LogP contribution in [0.5, 0.6) is 0 Å². The van der Waals surface area contributed by atoms with Crippen molar-refractivity contribution >= 4 is 5.78 Å². The summed E-state index contributed by atoms with van der Waals surface area (Å²) in [6.45, 7) is -0.402. The van der Waals surface area contributed by atoms with Crippen LogP contribution in [0.25, 0.3) is 0 Å². The summed E-state index contributed by atoms with van der Waals surface area (Å²) in [5, 5.41) is 9.72. The third-order valence-electron chi connectivity index (χ3n) is 3.21. The van der Waals surface area contributed by atoms with Crippen LogP contribution in [0.15, 0.2) is 60.7 Å². The Hall–Kier alpha value is -1.97. The number of carbonyl (C=O) groups is 1. The molecular weight excluding hydrogens is 240 g/mol. The molecule has 2 rings (SSSR count). The molecule has 0 bridgehead atoms. The summed E-state index contributed by atoms with van der Waals surface area (Å²) in [7, 11) is 1.43. The Labute approximate surface area is 112 Å². The number of aliphatic hydroxyl groups is 1. The summed E-state index contributed by atoms with van der Waals surface area (Å²) in [5.74, 6) is -0.246. The van der Waals surface area contributed by atoms with Gasteiger partial charge >= 0.3 is 0 Å². The van der Waals surface area contributed by atoms with Crippen LogP contribution in [0.3, 0.4) is 0 Å². The Bertz CT molecular complexity index is 530. The molecule has 0 amide bonds. The van der Waals surface area contributed by atoms with Crippen LogP contribution >= 0.6 is 0 Å². The fourth-order valence-corrected chi connectivity index (χ4v) is 2.10. The molecule has 0 aliphatic carbocycles. The number of benzene rings is 2. The average molecular weight is 256 g/mol. The van der Waals surface area contributed by atoms with Crippen LogP contribution < -0.4 is 0 Å². The van der Waals surface area contributed by atoms with Gasteiger partial charge in [-0.25, -0.2) is 0 Å². The predicted octanol–water partition coefficient (Wildman–Crippen LogP) is 2.40. The number of aliphatic hydroxyl groups excluding tert-OH is 1. The number of carbonyl (C=O) groups excluding carboxylic acids is 1. The molecule has 0 fully saturated rings. The second-order valence-electron chi connectivity index (χ2n) is 4.25. The molecule has 19 heavy (non-hydrogen) atoms. The van der Waals surface area contributed by atoms with E-state index in [0.717, 1.165) is 0 Å². The van der Waals surface area contributed by atoms with Gasteiger partial charge < -0.3 is 9.84 Å². The van der Waals surface area contributed by atoms with E-state index in [1.165, 1.54) is 7.11 Å². The normalized spacial score (nSPS) is 13.8. The zero-order valence-electron chi connectivity index (χ0n) is 10.7. The first-order valence-electron chi connectivity index (χ1n) is 6.06. The monoisotopic (exact) mass is 256 g/mol. The van der Waals surface area contributed by atoms with E-state index in [1.807, 2.05) is 24.3 Å². The molecule has 0 saturated carbocycles. The van der Waals surface area contributed by atoms with Crippen LogP contribution in [-0.4, -0.2) is 24.6 Å². The molecule has 1 atom stereocenters. The number of hydrogen-bond acceptors (Lipinski definition) is 3. The van der Waals surface area contributed by atoms with Crippen molar-refractivity contribution in [2.24, 2.45) is 0 Å². The molecule has 0 aliphatic heterocycles. The van der Waals surface area contributed by atoms with E-state index in [9.17, 15) is 9.90 Å². The van der Waals surface area contributed by atoms with Crippen LogP contribution in [0.1, 0.15) is 15.9 Å². The molecule has 3 nitrogen and oxygen atoms in total. The van der Waals surface area contributed by atoms with Gasteiger partial charge in [0.25, 0.3) is 0 Å². The standard InChI is InChI=1S/C16H16O3/c1-19-16(12-17,14-10-6-3-7-11-14)15(18)13-8-4-2-5-9-13/h2-11,17H,12H2,1H3. The van der Waals surface area contributed by atoms with Crippen molar-refractivity contribution < 1.29 is 14.6 Å². The highest BCUT2D eigenvalue weighted by Crippen LogP contribution is 2.29. The minimum Gasteiger partial charge on any atom is -0.392 e. The van der Waals surface area contributed by atoms with Gasteiger partial charge in [-0.2, -0.15) is 0 Å². The zero-order valence-corrected chi connectivity index (χ0v) is 10.7. The third kappa shape index (κ3) is 2.43. The van der Waals surface area contributed by atoms with Crippen LogP contribution in [-0.2, 0) is 10.3 Å². The molecule has 0 heterocycles. The molecule has 0 aromatic heterocycles. The van der Waals surface area contributed by atoms with Gasteiger partial charge in [0.1, 0.15) is 0 Å². The topological polar surface area (TPSA) is 46.5 Å². The Balaban J connectivity index is 2.49. The molecule has 1 N–H and O–H groups in total. The molecule has 0 aliphatic rings. The summed E-state index contributed by atoms with van der Waals surface area (Å²) >= 11 is 0. The predicted molar refractivity (Wildman–Crippen MR) is 73.0 cm³/mol. The lowest BCUT2D eigenvalue weighted by atomic mass is 9.86. The van der Waals surface area contributed by atoms with E-state index in [0.29, 0.717) is 11.1 Å². The van der Waals surface area contributed by atoms with Crippen molar-refractivity contribution in [1.82, 2.24) is 0 Å². The van der Waals surface area contributed by atoms with Crippen molar-refractivity contribution in [1.29, 1.82) is 0 Å². The van der Waals surface area contributed by atoms with Gasteiger partial charge in [-0.05, 0) is 5.56 Å². The van der Waals surface area contributed by atoms with Gasteiger partial charge in [0, 0.05) is 12.7 Å². The Morgan fingerprint density at radius 2 is 1.58 bits per heavy atom. The lowest BCUT2D eigenvalue weighted by Gasteiger charge is -2.29. The Morgan fingerprint density at radius 3 is 2.05 bits per heavy atom. The summed E-state index contributed by atoms with van der Waals surface area (Å²) in [5.41, 5.74) is -0.182. The minimum absolute atomic E-state index is 0.246. The van der Waals surface area contributed by atoms with Gasteiger partial charge in [0.05, 0.1) is 6.61 Å². The summed E-state index contributed by atoms with van der Waals surface area (Å²) in [6.07, 6.45) is 0. The molecule has 3 heteroatoms. The maximum absolute atomic E-state index is 12.6. The quantitative estimate of drug-likeness (QED) is 0.836. The number of ether oxygens (including phenoxy) is 1. The van der Waals surface area contributed by atoms with Crippen molar-refractivity contribution in [3.8, 4) is 0 Å². The number of ketones is 1. The third-order valence-corrected chi connectivity index (χ3v) is 3.21. The van der Waals surface area contributed by atoms with E-state index < -0.39 is 12.2 Å². The molecular formula is C16H16O3. The zero-order chi connectivity index (χ0) is 13.7. The van der Waals surface area contributed by atoms with Gasteiger partial charge in [0.15, 0.2) is 5.60 Å². The second kappa shape index (κ2) is 5.78. The van der Waals surface area contributed by atoms with E-state index in [1.54, 1.807) is 36.4 Å². The molecule has 0 radical (unpaired) electrons. The molecule has 0 saturated heterocycles. The fraction of sp³-hybridized carbons (Fsp3) is 0.188. The summed E-state index contributed by atoms with van der Waals surface area (Å²) in [4.78, 5) is 12.6. The summed E-state index contributed by atoms with van der Waals surface area (Å²) < 4.78 is 5.39. The molecule has 2 aromatic rings. The van der Waals surface area contributed by atoms with E-state index in [2.05, 4.69) is 0 Å². The lowest BCUT2D eigenvalue weighted by Crippen LogP contribution is -2.41. The van der Waals surface area contributed by atoms with Gasteiger partial charge in [0.2, 0.25) is 5.78 Å². The highest BCUT2D eigenvalue weighted by Gasteiger charge is 2.40. The van der Waals surface area contributed by atoms with Crippen LogP contribution in [0, 0.1) is 0 Å². The Kier molecular flexibility index (Phi) is 4.10. The molecule has 98 valence electrons. The van der Waals surface area contributed by atoms with Crippen molar-refractivity contribution in [3.05, 3.63) is 71.8 Å². The minimum atomic E-state index is -1.34. The van der Waals surface area contributed by atoms with Gasteiger partial charge in [-0.1, -0.05) is 60.7 Å². The van der Waals surface area contributed by atoms with Crippen LogP contribution in [0.2, 0.25) is 0 Å². The highest BCUT2D eigenvalue weighted by atomic mass is 16.5. The molecule has 0 spiro atoms. The van der Waals surface area contributed by atoms with Crippen LogP contribution in [0.4, 0.5) is 0 Å². The lowest BCUT2D eigenvalue weighted by molar-refractivity contribution is -0.0341. The van der Waals surface area contributed by atoms with Crippen molar-refractivity contribution in [2.45, 2.75) is 5.60 Å². The number of methoxy groups -OCH3 is 1. The van der Waals surface area contributed by atoms with E-state index in [-0.39, 0.29) is 5.78 Å². The second-order valence-corrected chi connectivity index (χ2v) is 4.25. The van der Waals surface area contributed by atoms with Gasteiger partial charge in [-0.15, -0.1) is 0 Å².